The number of ether oxygens (including phenoxy) is 1. The number of para-hydroxylation sites is 1. The van der Waals surface area contributed by atoms with Crippen LogP contribution in [0, 0.1) is 5.41 Å². The topological polar surface area (TPSA) is 75.7 Å². The van der Waals surface area contributed by atoms with Gasteiger partial charge in [0, 0.05) is 12.1 Å². The lowest BCUT2D eigenvalue weighted by atomic mass is 9.84. The van der Waals surface area contributed by atoms with Gasteiger partial charge in [-0.15, -0.1) is 0 Å². The van der Waals surface area contributed by atoms with E-state index in [0.717, 1.165) is 36.3 Å². The van der Waals surface area contributed by atoms with E-state index in [2.05, 4.69) is 5.32 Å². The number of nitrogens with zero attached hydrogens (tertiary/aromatic N) is 1. The molecule has 1 heterocycles. The highest BCUT2D eigenvalue weighted by molar-refractivity contribution is 6.09. The molecule has 2 fully saturated rings. The molecule has 144 valence electrons. The Hall–Kier alpha value is -3.15. The minimum Gasteiger partial charge on any atom is -0.457 e. The van der Waals surface area contributed by atoms with E-state index >= 15 is 0 Å². The number of hydrogen-bond acceptors (Lipinski definition) is 4. The summed E-state index contributed by atoms with van der Waals surface area (Å²) in [6, 6.07) is 16.4. The van der Waals surface area contributed by atoms with Crippen molar-refractivity contribution in [1.29, 1.82) is 0 Å². The van der Waals surface area contributed by atoms with Gasteiger partial charge in [0.05, 0.1) is 5.41 Å². The Kier molecular flexibility index (Phi) is 4.86. The molecule has 1 aliphatic heterocycles. The summed E-state index contributed by atoms with van der Waals surface area (Å²) in [7, 11) is 0. The number of hydrogen-bond donors (Lipinski definition) is 1. The lowest BCUT2D eigenvalue weighted by Crippen LogP contribution is -2.39. The molecule has 1 aliphatic carbocycles. The second kappa shape index (κ2) is 7.46. The molecular weight excluding hydrogens is 356 g/mol. The van der Waals surface area contributed by atoms with Crippen molar-refractivity contribution >= 4 is 23.4 Å². The summed E-state index contributed by atoms with van der Waals surface area (Å²) in [5.41, 5.74) is 0.0356. The van der Waals surface area contributed by atoms with Gasteiger partial charge in [-0.05, 0) is 49.2 Å². The normalized spacial score (nSPS) is 17.9. The SMILES string of the molecule is O=C(CN1C(=O)CC2(CCCC2)C1=O)Nc1ccc(Oc2ccccc2)cc1. The molecule has 4 rings (SSSR count). The Labute approximate surface area is 163 Å². The van der Waals surface area contributed by atoms with E-state index in [1.54, 1.807) is 24.3 Å². The standard InChI is InChI=1S/C22H22N2O4/c25-19(15-24-20(26)14-22(21(24)27)12-4-5-13-22)23-16-8-10-18(11-9-16)28-17-6-2-1-3-7-17/h1-3,6-11H,4-5,12-15H2,(H,23,25). The smallest absolute Gasteiger partial charge is 0.244 e. The summed E-state index contributed by atoms with van der Waals surface area (Å²) in [6.07, 6.45) is 3.68. The minimum absolute atomic E-state index is 0.184. The number of benzene rings is 2. The van der Waals surface area contributed by atoms with Crippen LogP contribution >= 0.6 is 0 Å². The zero-order chi connectivity index (χ0) is 19.6. The summed E-state index contributed by atoms with van der Waals surface area (Å²) in [5.74, 6) is 0.572. The van der Waals surface area contributed by atoms with Crippen LogP contribution in [0.4, 0.5) is 5.69 Å². The van der Waals surface area contributed by atoms with E-state index < -0.39 is 5.41 Å². The quantitative estimate of drug-likeness (QED) is 0.805. The number of nitrogens with one attached hydrogen (secondary N) is 1. The van der Waals surface area contributed by atoms with E-state index in [4.69, 9.17) is 4.74 Å². The van der Waals surface area contributed by atoms with Crippen molar-refractivity contribution in [3.63, 3.8) is 0 Å². The zero-order valence-electron chi connectivity index (χ0n) is 15.5. The maximum absolute atomic E-state index is 12.7. The van der Waals surface area contributed by atoms with Crippen LogP contribution in [-0.4, -0.2) is 29.2 Å². The van der Waals surface area contributed by atoms with Crippen molar-refractivity contribution in [3.05, 3.63) is 54.6 Å². The number of imide groups is 1. The zero-order valence-corrected chi connectivity index (χ0v) is 15.5. The van der Waals surface area contributed by atoms with E-state index in [9.17, 15) is 14.4 Å². The molecule has 2 aromatic carbocycles. The molecule has 1 saturated carbocycles. The number of amides is 3. The fraction of sp³-hybridized carbons (Fsp3) is 0.318. The van der Waals surface area contributed by atoms with Gasteiger partial charge in [0.2, 0.25) is 17.7 Å². The lowest BCUT2D eigenvalue weighted by Gasteiger charge is -2.20. The summed E-state index contributed by atoms with van der Waals surface area (Å²) in [5, 5.41) is 2.74. The molecule has 3 amide bonds. The van der Waals surface area contributed by atoms with Crippen molar-refractivity contribution < 1.29 is 19.1 Å². The fourth-order valence-corrected chi connectivity index (χ4v) is 4.04. The first-order valence-electron chi connectivity index (χ1n) is 9.53. The summed E-state index contributed by atoms with van der Waals surface area (Å²) in [6.45, 7) is -0.234. The summed E-state index contributed by atoms with van der Waals surface area (Å²) >= 11 is 0. The molecule has 1 saturated heterocycles. The molecule has 0 bridgehead atoms. The van der Waals surface area contributed by atoms with Gasteiger partial charge in [0.25, 0.3) is 0 Å². The monoisotopic (exact) mass is 378 g/mol. The van der Waals surface area contributed by atoms with Gasteiger partial charge in [-0.3, -0.25) is 19.3 Å². The number of likely N-dealkylation sites (tertiary alicyclic amines) is 1. The summed E-state index contributed by atoms with van der Waals surface area (Å²) < 4.78 is 5.72. The highest BCUT2D eigenvalue weighted by Crippen LogP contribution is 2.46. The predicted molar refractivity (Wildman–Crippen MR) is 104 cm³/mol. The summed E-state index contributed by atoms with van der Waals surface area (Å²) in [4.78, 5) is 38.4. The fourth-order valence-electron chi connectivity index (χ4n) is 4.04. The second-order valence-electron chi connectivity index (χ2n) is 7.44. The second-order valence-corrected chi connectivity index (χ2v) is 7.44. The van der Waals surface area contributed by atoms with Gasteiger partial charge in [-0.1, -0.05) is 31.0 Å². The van der Waals surface area contributed by atoms with Gasteiger partial charge in [-0.25, -0.2) is 0 Å². The molecule has 0 aromatic heterocycles. The Bertz CT molecular complexity index is 887. The van der Waals surface area contributed by atoms with Crippen LogP contribution in [-0.2, 0) is 14.4 Å². The van der Waals surface area contributed by atoms with Crippen molar-refractivity contribution in [2.45, 2.75) is 32.1 Å². The van der Waals surface area contributed by atoms with E-state index in [0.29, 0.717) is 11.4 Å². The van der Waals surface area contributed by atoms with Crippen LogP contribution in [0.25, 0.3) is 0 Å². The number of carbonyl (C=O) groups is 3. The molecule has 0 unspecified atom stereocenters. The average molecular weight is 378 g/mol. The van der Waals surface area contributed by atoms with Gasteiger partial charge in [0.1, 0.15) is 18.0 Å². The first-order chi connectivity index (χ1) is 13.6. The third kappa shape index (κ3) is 3.63. The van der Waals surface area contributed by atoms with Crippen molar-refractivity contribution in [2.24, 2.45) is 5.41 Å². The highest BCUT2D eigenvalue weighted by atomic mass is 16.5. The Morgan fingerprint density at radius 2 is 1.61 bits per heavy atom. The molecule has 0 radical (unpaired) electrons. The molecule has 1 N–H and O–H groups in total. The Morgan fingerprint density at radius 3 is 2.29 bits per heavy atom. The molecule has 6 nitrogen and oxygen atoms in total. The first-order valence-corrected chi connectivity index (χ1v) is 9.53. The largest absolute Gasteiger partial charge is 0.457 e. The number of carbonyl (C=O) groups excluding carboxylic acids is 3. The number of anilines is 1. The van der Waals surface area contributed by atoms with Gasteiger partial charge in [-0.2, -0.15) is 0 Å². The molecule has 6 heteroatoms. The third-order valence-corrected chi connectivity index (χ3v) is 5.47. The van der Waals surface area contributed by atoms with Crippen molar-refractivity contribution in [2.75, 3.05) is 11.9 Å². The van der Waals surface area contributed by atoms with Crippen LogP contribution in [0.5, 0.6) is 11.5 Å². The van der Waals surface area contributed by atoms with Crippen LogP contribution in [0.15, 0.2) is 54.6 Å². The van der Waals surface area contributed by atoms with Crippen LogP contribution < -0.4 is 10.1 Å². The van der Waals surface area contributed by atoms with E-state index in [1.807, 2.05) is 30.3 Å². The molecule has 2 aromatic rings. The maximum atomic E-state index is 12.7. The van der Waals surface area contributed by atoms with Gasteiger partial charge in [0.15, 0.2) is 0 Å². The van der Waals surface area contributed by atoms with Crippen LogP contribution in [0.2, 0.25) is 0 Å². The van der Waals surface area contributed by atoms with Crippen molar-refractivity contribution in [1.82, 2.24) is 4.90 Å². The lowest BCUT2D eigenvalue weighted by molar-refractivity contribution is -0.143. The Morgan fingerprint density at radius 1 is 0.964 bits per heavy atom. The molecule has 2 aliphatic rings. The third-order valence-electron chi connectivity index (χ3n) is 5.47. The van der Waals surface area contributed by atoms with Crippen LogP contribution in [0.1, 0.15) is 32.1 Å². The van der Waals surface area contributed by atoms with E-state index in [1.165, 1.54) is 0 Å². The van der Waals surface area contributed by atoms with Gasteiger partial charge >= 0.3 is 0 Å². The molecular formula is C22H22N2O4. The van der Waals surface area contributed by atoms with Crippen LogP contribution in [0.3, 0.4) is 0 Å². The first kappa shape index (κ1) is 18.2. The number of rotatable bonds is 5. The molecule has 0 atom stereocenters. The molecule has 1 spiro atoms. The van der Waals surface area contributed by atoms with E-state index in [-0.39, 0.29) is 30.7 Å². The Balaban J connectivity index is 1.35. The van der Waals surface area contributed by atoms with Gasteiger partial charge < -0.3 is 10.1 Å². The van der Waals surface area contributed by atoms with Crippen molar-refractivity contribution in [3.8, 4) is 11.5 Å². The molecule has 28 heavy (non-hydrogen) atoms. The highest BCUT2D eigenvalue weighted by Gasteiger charge is 2.52. The minimum atomic E-state index is -0.548. The predicted octanol–water partition coefficient (Wildman–Crippen LogP) is 3.74. The average Bonchev–Trinajstić information content (AvgIpc) is 3.25. The maximum Gasteiger partial charge on any atom is 0.244 e.